The topological polar surface area (TPSA) is 32.8 Å². The third-order valence-electron chi connectivity index (χ3n) is 4.64. The second-order valence-corrected chi connectivity index (χ2v) is 6.07. The molecule has 1 saturated heterocycles. The number of hydrogen-bond acceptors (Lipinski definition) is 3. The normalized spacial score (nSPS) is 19.8. The quantitative estimate of drug-likeness (QED) is 0.835. The summed E-state index contributed by atoms with van der Waals surface area (Å²) in [5.41, 5.74) is 0. The Morgan fingerprint density at radius 1 is 1.18 bits per heavy atom. The average Bonchev–Trinajstić information content (AvgIpc) is 2.48. The predicted molar refractivity (Wildman–Crippen MR) is 82.3 cm³/mol. The minimum atomic E-state index is -0.321. The van der Waals surface area contributed by atoms with E-state index in [2.05, 4.69) is 4.90 Å². The Kier molecular flexibility index (Phi) is 4.93. The molecule has 0 bridgehead atoms. The molecule has 1 aliphatic carbocycles. The fourth-order valence-electron chi connectivity index (χ4n) is 2.95. The minimum absolute atomic E-state index is 0.288. The number of nitrogens with zero attached hydrogens (tertiary/aromatic N) is 2. The van der Waals surface area contributed by atoms with Crippen LogP contribution in [0.4, 0.5) is 4.39 Å². The predicted octanol–water partition coefficient (Wildman–Crippen LogP) is 2.15. The third-order valence-corrected chi connectivity index (χ3v) is 4.64. The molecular formula is C17H23FN2O2. The van der Waals surface area contributed by atoms with Crippen LogP contribution in [0.5, 0.6) is 5.75 Å². The lowest BCUT2D eigenvalue weighted by Crippen LogP contribution is -2.51. The molecule has 1 aromatic carbocycles. The Labute approximate surface area is 130 Å². The standard InChI is InChI=1S/C17H23FN2O2/c18-15-6-1-2-7-16(15)22-13-12-19-8-10-20(11-9-19)17(21)14-4-3-5-14/h1-2,6-7,14H,3-5,8-13H2. The zero-order valence-corrected chi connectivity index (χ0v) is 12.8. The van der Waals surface area contributed by atoms with E-state index in [9.17, 15) is 9.18 Å². The number of benzene rings is 1. The lowest BCUT2D eigenvalue weighted by Gasteiger charge is -2.38. The molecule has 1 heterocycles. The van der Waals surface area contributed by atoms with E-state index < -0.39 is 0 Å². The first kappa shape index (κ1) is 15.3. The van der Waals surface area contributed by atoms with Crippen molar-refractivity contribution in [3.8, 4) is 5.75 Å². The second-order valence-electron chi connectivity index (χ2n) is 6.07. The Morgan fingerprint density at radius 3 is 2.55 bits per heavy atom. The van der Waals surface area contributed by atoms with Crippen LogP contribution in [0.2, 0.25) is 0 Å². The van der Waals surface area contributed by atoms with Crippen LogP contribution in [0.15, 0.2) is 24.3 Å². The lowest BCUT2D eigenvalue weighted by atomic mass is 9.84. The Bertz CT molecular complexity index is 511. The van der Waals surface area contributed by atoms with Crippen molar-refractivity contribution in [3.05, 3.63) is 30.1 Å². The van der Waals surface area contributed by atoms with Crippen molar-refractivity contribution in [1.82, 2.24) is 9.80 Å². The van der Waals surface area contributed by atoms with Crippen molar-refractivity contribution in [2.75, 3.05) is 39.3 Å². The number of ether oxygens (including phenoxy) is 1. The highest BCUT2D eigenvalue weighted by Crippen LogP contribution is 2.28. The van der Waals surface area contributed by atoms with Gasteiger partial charge in [0.25, 0.3) is 0 Å². The van der Waals surface area contributed by atoms with E-state index in [0.717, 1.165) is 45.6 Å². The highest BCUT2D eigenvalue weighted by atomic mass is 19.1. The molecule has 0 aromatic heterocycles. The Morgan fingerprint density at radius 2 is 1.91 bits per heavy atom. The maximum absolute atomic E-state index is 13.4. The third kappa shape index (κ3) is 3.58. The number of halogens is 1. The highest BCUT2D eigenvalue weighted by molar-refractivity contribution is 5.79. The average molecular weight is 306 g/mol. The first-order valence-corrected chi connectivity index (χ1v) is 8.12. The fraction of sp³-hybridized carbons (Fsp3) is 0.588. The van der Waals surface area contributed by atoms with Gasteiger partial charge in [-0.15, -0.1) is 0 Å². The summed E-state index contributed by atoms with van der Waals surface area (Å²) in [7, 11) is 0. The summed E-state index contributed by atoms with van der Waals surface area (Å²) in [5, 5.41) is 0. The van der Waals surface area contributed by atoms with Gasteiger partial charge in [0.1, 0.15) is 6.61 Å². The molecule has 0 unspecified atom stereocenters. The lowest BCUT2D eigenvalue weighted by molar-refractivity contribution is -0.140. The van der Waals surface area contributed by atoms with E-state index in [0.29, 0.717) is 18.3 Å². The van der Waals surface area contributed by atoms with Gasteiger partial charge >= 0.3 is 0 Å². The van der Waals surface area contributed by atoms with Crippen molar-refractivity contribution >= 4 is 5.91 Å². The number of rotatable bonds is 5. The minimum Gasteiger partial charge on any atom is -0.489 e. The Hall–Kier alpha value is -1.62. The summed E-state index contributed by atoms with van der Waals surface area (Å²) in [6, 6.07) is 6.47. The molecular weight excluding hydrogens is 283 g/mol. The number of carbonyl (C=O) groups excluding carboxylic acids is 1. The van der Waals surface area contributed by atoms with Gasteiger partial charge in [0.15, 0.2) is 11.6 Å². The Balaban J connectivity index is 1.37. The SMILES string of the molecule is O=C(C1CCC1)N1CCN(CCOc2ccccc2F)CC1. The maximum atomic E-state index is 13.4. The van der Waals surface area contributed by atoms with Gasteiger partial charge in [0, 0.05) is 38.6 Å². The number of amides is 1. The van der Waals surface area contributed by atoms with Gasteiger partial charge in [-0.25, -0.2) is 4.39 Å². The van der Waals surface area contributed by atoms with Crippen LogP contribution >= 0.6 is 0 Å². The van der Waals surface area contributed by atoms with Crippen molar-refractivity contribution in [3.63, 3.8) is 0 Å². The summed E-state index contributed by atoms with van der Waals surface area (Å²) >= 11 is 0. The van der Waals surface area contributed by atoms with Gasteiger partial charge in [-0.3, -0.25) is 9.69 Å². The van der Waals surface area contributed by atoms with Crippen molar-refractivity contribution in [1.29, 1.82) is 0 Å². The summed E-state index contributed by atoms with van der Waals surface area (Å²) in [5.74, 6) is 0.615. The summed E-state index contributed by atoms with van der Waals surface area (Å²) in [4.78, 5) is 16.4. The molecule has 0 N–H and O–H groups in total. The van der Waals surface area contributed by atoms with Crippen LogP contribution in [0.3, 0.4) is 0 Å². The second kappa shape index (κ2) is 7.09. The molecule has 5 heteroatoms. The monoisotopic (exact) mass is 306 g/mol. The van der Waals surface area contributed by atoms with Gasteiger partial charge in [-0.05, 0) is 25.0 Å². The molecule has 2 fully saturated rings. The summed E-state index contributed by atoms with van der Waals surface area (Å²) in [6.07, 6.45) is 3.33. The van der Waals surface area contributed by atoms with Crippen LogP contribution in [0, 0.1) is 11.7 Å². The molecule has 0 radical (unpaired) electrons. The van der Waals surface area contributed by atoms with Gasteiger partial charge in [0.2, 0.25) is 5.91 Å². The van der Waals surface area contributed by atoms with E-state index in [1.165, 1.54) is 12.5 Å². The van der Waals surface area contributed by atoms with E-state index in [4.69, 9.17) is 4.74 Å². The van der Waals surface area contributed by atoms with Crippen LogP contribution in [-0.2, 0) is 4.79 Å². The summed E-state index contributed by atoms with van der Waals surface area (Å²) in [6.45, 7) is 4.58. The van der Waals surface area contributed by atoms with Crippen LogP contribution in [-0.4, -0.2) is 55.0 Å². The zero-order valence-electron chi connectivity index (χ0n) is 12.8. The molecule has 3 rings (SSSR count). The molecule has 1 saturated carbocycles. The number of hydrogen-bond donors (Lipinski definition) is 0. The van der Waals surface area contributed by atoms with Gasteiger partial charge in [-0.1, -0.05) is 18.6 Å². The number of piperazine rings is 1. The fourth-order valence-corrected chi connectivity index (χ4v) is 2.95. The van der Waals surface area contributed by atoms with Gasteiger partial charge in [0.05, 0.1) is 0 Å². The molecule has 1 aliphatic heterocycles. The van der Waals surface area contributed by atoms with Crippen LogP contribution in [0.25, 0.3) is 0 Å². The molecule has 0 spiro atoms. The van der Waals surface area contributed by atoms with Crippen LogP contribution in [0.1, 0.15) is 19.3 Å². The molecule has 4 nitrogen and oxygen atoms in total. The number of carbonyl (C=O) groups is 1. The van der Waals surface area contributed by atoms with Crippen LogP contribution < -0.4 is 4.74 Å². The summed E-state index contributed by atoms with van der Waals surface area (Å²) < 4.78 is 18.9. The maximum Gasteiger partial charge on any atom is 0.225 e. The smallest absolute Gasteiger partial charge is 0.225 e. The van der Waals surface area contributed by atoms with Gasteiger partial charge in [-0.2, -0.15) is 0 Å². The first-order valence-electron chi connectivity index (χ1n) is 8.12. The van der Waals surface area contributed by atoms with E-state index in [1.807, 2.05) is 4.90 Å². The largest absolute Gasteiger partial charge is 0.489 e. The van der Waals surface area contributed by atoms with Gasteiger partial charge < -0.3 is 9.64 Å². The molecule has 0 atom stereocenters. The van der Waals surface area contributed by atoms with E-state index >= 15 is 0 Å². The molecule has 1 aromatic rings. The van der Waals surface area contributed by atoms with E-state index in [-0.39, 0.29) is 11.7 Å². The molecule has 2 aliphatic rings. The van der Waals surface area contributed by atoms with E-state index in [1.54, 1.807) is 18.2 Å². The molecule has 1 amide bonds. The first-order chi connectivity index (χ1) is 10.7. The zero-order chi connectivity index (χ0) is 15.4. The van der Waals surface area contributed by atoms with Crippen molar-refractivity contribution < 1.29 is 13.9 Å². The van der Waals surface area contributed by atoms with Crippen molar-refractivity contribution in [2.24, 2.45) is 5.92 Å². The molecule has 120 valence electrons. The number of para-hydroxylation sites is 1. The molecule has 22 heavy (non-hydrogen) atoms. The van der Waals surface area contributed by atoms with Crippen molar-refractivity contribution in [2.45, 2.75) is 19.3 Å². The highest BCUT2D eigenvalue weighted by Gasteiger charge is 2.30.